The molecule has 0 aliphatic heterocycles. The Morgan fingerprint density at radius 3 is 0.925 bits per heavy atom. The van der Waals surface area contributed by atoms with Crippen LogP contribution in [0.4, 0.5) is 5.69 Å². The Kier molecular flexibility index (Phi) is 30.0. The summed E-state index contributed by atoms with van der Waals surface area (Å²) in [6.45, 7) is 10.1. The first kappa shape index (κ1) is 72.1. The Hall–Kier alpha value is -9.93. The number of benzene rings is 8. The number of carbonyl (C=O) groups excluding carboxylic acids is 3. The number of nitrogens with zero attached hydrogens (tertiary/aromatic N) is 5. The van der Waals surface area contributed by atoms with E-state index in [1.807, 2.05) is 272 Å². The van der Waals surface area contributed by atoms with Gasteiger partial charge in [-0.05, 0) is 197 Å². The van der Waals surface area contributed by atoms with Crippen LogP contribution in [-0.2, 0) is 20.9 Å². The molecule has 0 saturated heterocycles. The number of nitrogens with one attached hydrogen (secondary N) is 1. The summed E-state index contributed by atoms with van der Waals surface area (Å²) in [6.07, 6.45) is 5.11. The molecule has 0 atom stereocenters. The molecule has 0 fully saturated rings. The van der Waals surface area contributed by atoms with Crippen LogP contribution in [0.1, 0.15) is 52.8 Å². The number of amides is 3. The van der Waals surface area contributed by atoms with E-state index in [9.17, 15) is 14.4 Å². The van der Waals surface area contributed by atoms with Gasteiger partial charge in [-0.15, -0.1) is 0 Å². The van der Waals surface area contributed by atoms with Crippen molar-refractivity contribution >= 4 is 40.1 Å². The van der Waals surface area contributed by atoms with Crippen molar-refractivity contribution in [2.75, 3.05) is 129 Å². The molecule has 0 aromatic heterocycles. The summed E-state index contributed by atoms with van der Waals surface area (Å²) in [7, 11) is 18.7. The van der Waals surface area contributed by atoms with Crippen LogP contribution in [0, 0.1) is 0 Å². The summed E-state index contributed by atoms with van der Waals surface area (Å²) < 4.78 is 32.3. The molecule has 3 amide bonds. The molecule has 0 unspecified atom stereocenters. The van der Waals surface area contributed by atoms with E-state index < -0.39 is 0 Å². The Labute approximate surface area is 551 Å². The van der Waals surface area contributed by atoms with Gasteiger partial charge in [0.05, 0.1) is 41.7 Å². The Balaban J connectivity index is 0.000000222. The second-order valence-corrected chi connectivity index (χ2v) is 22.3. The zero-order valence-electron chi connectivity index (χ0n) is 56.1. The highest BCUT2D eigenvalue weighted by Crippen LogP contribution is 2.31. The lowest BCUT2D eigenvalue weighted by Gasteiger charge is -2.25. The van der Waals surface area contributed by atoms with Crippen molar-refractivity contribution < 1.29 is 42.8 Å². The van der Waals surface area contributed by atoms with Crippen LogP contribution in [0.5, 0.6) is 34.5 Å². The van der Waals surface area contributed by atoms with Crippen molar-refractivity contribution in [2.45, 2.75) is 20.4 Å². The summed E-state index contributed by atoms with van der Waals surface area (Å²) in [6, 6.07) is 66.1. The highest BCUT2D eigenvalue weighted by molar-refractivity contribution is 6.06. The lowest BCUT2D eigenvalue weighted by atomic mass is 9.97. The van der Waals surface area contributed by atoms with Gasteiger partial charge in [-0.2, -0.15) is 0 Å². The van der Waals surface area contributed by atoms with Crippen molar-refractivity contribution in [1.82, 2.24) is 24.5 Å². The molecule has 93 heavy (non-hydrogen) atoms. The van der Waals surface area contributed by atoms with Gasteiger partial charge in [-0.1, -0.05) is 121 Å². The first-order valence-electron chi connectivity index (χ1n) is 31.1. The molecule has 0 aliphatic rings. The topological polar surface area (TPSA) is 135 Å². The van der Waals surface area contributed by atoms with Crippen LogP contribution in [0.3, 0.4) is 0 Å². The Morgan fingerprint density at radius 2 is 0.624 bits per heavy atom. The largest absolute Gasteiger partial charge is 0.497 e. The van der Waals surface area contributed by atoms with Gasteiger partial charge in [0.25, 0.3) is 0 Å². The molecule has 15 heteroatoms. The number of hydrogen-bond acceptors (Lipinski definition) is 12. The fraction of sp³-hybridized carbons (Fsp3) is 0.269. The number of methoxy groups -OCH3 is 4. The van der Waals surface area contributed by atoms with Crippen LogP contribution in [0.25, 0.3) is 16.7 Å². The normalized spacial score (nSPS) is 10.5. The molecule has 15 nitrogen and oxygen atoms in total. The first-order chi connectivity index (χ1) is 45.0. The van der Waals surface area contributed by atoms with Gasteiger partial charge in [-0.3, -0.25) is 14.4 Å². The minimum atomic E-state index is -0.186. The minimum absolute atomic E-state index is 0.00494. The van der Waals surface area contributed by atoms with Gasteiger partial charge in [0.1, 0.15) is 34.5 Å². The zero-order valence-corrected chi connectivity index (χ0v) is 56.1. The third-order valence-electron chi connectivity index (χ3n) is 14.7. The molecule has 0 bridgehead atoms. The number of carbonyl (C=O) groups is 3. The van der Waals surface area contributed by atoms with Crippen molar-refractivity contribution in [2.24, 2.45) is 0 Å². The molecule has 488 valence electrons. The molecule has 0 aliphatic carbocycles. The summed E-state index contributed by atoms with van der Waals surface area (Å²) in [5.74, 6) is 4.51. The predicted molar refractivity (Wildman–Crippen MR) is 378 cm³/mol. The highest BCUT2D eigenvalue weighted by atomic mass is 16.5. The number of anilines is 1. The maximum atomic E-state index is 13.5. The minimum Gasteiger partial charge on any atom is -0.497 e. The fourth-order valence-corrected chi connectivity index (χ4v) is 9.50. The number of para-hydroxylation sites is 1. The number of hydrogen-bond donors (Lipinski definition) is 1. The van der Waals surface area contributed by atoms with E-state index in [0.717, 1.165) is 115 Å². The summed E-state index contributed by atoms with van der Waals surface area (Å²) >= 11 is 0. The summed E-state index contributed by atoms with van der Waals surface area (Å²) in [4.78, 5) is 49.6. The van der Waals surface area contributed by atoms with Crippen LogP contribution in [0.2, 0.25) is 0 Å². The van der Waals surface area contributed by atoms with Crippen LogP contribution in [0.15, 0.2) is 224 Å². The van der Waals surface area contributed by atoms with Gasteiger partial charge in [0.2, 0.25) is 17.7 Å². The van der Waals surface area contributed by atoms with E-state index in [1.54, 1.807) is 46.7 Å². The van der Waals surface area contributed by atoms with Gasteiger partial charge in [-0.25, -0.2) is 0 Å². The molecule has 0 heterocycles. The van der Waals surface area contributed by atoms with E-state index in [0.29, 0.717) is 39.4 Å². The molecular formula is C78H92N6O9. The van der Waals surface area contributed by atoms with Crippen molar-refractivity contribution in [3.05, 3.63) is 263 Å². The van der Waals surface area contributed by atoms with Crippen LogP contribution in [-0.4, -0.2) is 165 Å². The molecule has 0 spiro atoms. The average Bonchev–Trinajstić information content (AvgIpc) is 1.24. The highest BCUT2D eigenvalue weighted by Gasteiger charge is 2.18. The Bertz CT molecular complexity index is 3430. The van der Waals surface area contributed by atoms with E-state index >= 15 is 0 Å². The van der Waals surface area contributed by atoms with E-state index in [4.69, 9.17) is 28.4 Å². The van der Waals surface area contributed by atoms with Gasteiger partial charge in [0.15, 0.2) is 0 Å². The molecule has 8 aromatic rings. The predicted octanol–water partition coefficient (Wildman–Crippen LogP) is 13.4. The van der Waals surface area contributed by atoms with Gasteiger partial charge in [0, 0.05) is 69.7 Å². The van der Waals surface area contributed by atoms with Gasteiger partial charge < -0.3 is 58.2 Å². The SMILES string of the molecule is CCOc1ccc(C(=CC(=O)Nc2ccccc2)c2ccc(OCC)cc2)cc1.COc1ccc(C(=CC(=O)N(CCN(C)C)CCN(C)C)c2ccc(OC)cc2)cc1.COc1ccc(C(=CC(=O)N(CCN(C)C)Cc2ccccc2)c2ccc(OC)cc2)cc1. The smallest absolute Gasteiger partial charge is 0.249 e. The zero-order chi connectivity index (χ0) is 66.9. The molecule has 1 N–H and O–H groups in total. The summed E-state index contributed by atoms with van der Waals surface area (Å²) in [5.41, 5.74) is 10.1. The summed E-state index contributed by atoms with van der Waals surface area (Å²) in [5, 5.41) is 2.91. The molecule has 8 aromatic carbocycles. The number of ether oxygens (including phenoxy) is 6. The lowest BCUT2D eigenvalue weighted by Crippen LogP contribution is -2.39. The Morgan fingerprint density at radius 1 is 0.344 bits per heavy atom. The molecule has 0 saturated carbocycles. The van der Waals surface area contributed by atoms with Crippen LogP contribution < -0.4 is 33.7 Å². The van der Waals surface area contributed by atoms with Crippen molar-refractivity contribution in [1.29, 1.82) is 0 Å². The lowest BCUT2D eigenvalue weighted by molar-refractivity contribution is -0.127. The maximum Gasteiger partial charge on any atom is 0.249 e. The third-order valence-corrected chi connectivity index (χ3v) is 14.7. The second kappa shape index (κ2) is 38.7. The quantitative estimate of drug-likeness (QED) is 0.0447. The monoisotopic (exact) mass is 1260 g/mol. The molecule has 8 rings (SSSR count). The van der Waals surface area contributed by atoms with Crippen LogP contribution >= 0.6 is 0 Å². The van der Waals surface area contributed by atoms with E-state index in [1.165, 1.54) is 0 Å². The molecular weight excluding hydrogens is 1160 g/mol. The molecule has 0 radical (unpaired) electrons. The van der Waals surface area contributed by atoms with Gasteiger partial charge >= 0.3 is 0 Å². The standard InChI is InChI=1S/C28H32N2O3.C25H35N3O3.C25H25NO3/c1-29(2)18-19-30(21-22-8-6-5-7-9-22)28(31)20-27(23-10-14-25(32-3)15-11-23)24-12-16-26(33-4)17-13-24;1-26(2)15-17-28(18-16-27(3)4)25(29)19-24(20-7-11-22(30-5)12-8-20)21-9-13-23(31-6)14-10-21;1-3-28-22-14-10-19(11-15-22)24(20-12-16-23(17-13-20)29-4-2)18-25(27)26-21-8-6-5-7-9-21/h5-17,20H,18-19,21H2,1-4H3;7-14,19H,15-18H2,1-6H3;5-18H,3-4H2,1-2H3,(H,26,27). The fourth-order valence-electron chi connectivity index (χ4n) is 9.50. The third kappa shape index (κ3) is 24.3. The van der Waals surface area contributed by atoms with Crippen molar-refractivity contribution in [3.63, 3.8) is 0 Å². The second-order valence-electron chi connectivity index (χ2n) is 22.3. The number of likely N-dealkylation sites (N-methyl/N-ethyl adjacent to an activating group) is 3. The van der Waals surface area contributed by atoms with Crippen molar-refractivity contribution in [3.8, 4) is 34.5 Å². The average molecular weight is 1260 g/mol. The van der Waals surface area contributed by atoms with E-state index in [2.05, 4.69) is 20.0 Å². The number of rotatable bonds is 29. The maximum absolute atomic E-state index is 13.5. The first-order valence-corrected chi connectivity index (χ1v) is 31.1. The van der Waals surface area contributed by atoms with E-state index in [-0.39, 0.29) is 17.7 Å².